The zero-order chi connectivity index (χ0) is 22.6. The second-order valence-electron chi connectivity index (χ2n) is 8.57. The van der Waals surface area contributed by atoms with Gasteiger partial charge in [0.05, 0.1) is 13.2 Å². The van der Waals surface area contributed by atoms with E-state index in [1.807, 2.05) is 0 Å². The molecule has 0 amide bonds. The number of allylic oxidation sites excluding steroid dienone is 2. The molecule has 4 rings (SSSR count). The first-order chi connectivity index (χ1) is 16.4. The highest BCUT2D eigenvalue weighted by atomic mass is 31.1. The van der Waals surface area contributed by atoms with Crippen molar-refractivity contribution in [1.29, 1.82) is 0 Å². The fraction of sp³-hybridized carbons (Fsp3) is 0.333. The Morgan fingerprint density at radius 1 is 0.515 bits per heavy atom. The van der Waals surface area contributed by atoms with Crippen LogP contribution in [-0.2, 0) is 12.3 Å². The summed E-state index contributed by atoms with van der Waals surface area (Å²) in [5.74, 6) is 2.08. The quantitative estimate of drug-likeness (QED) is 0.273. The molecule has 0 aromatic heterocycles. The van der Waals surface area contributed by atoms with Gasteiger partial charge in [-0.2, -0.15) is 0 Å². The summed E-state index contributed by atoms with van der Waals surface area (Å²) in [4.78, 5) is 0. The molecule has 1 aliphatic heterocycles. The van der Waals surface area contributed by atoms with Gasteiger partial charge in [-0.1, -0.05) is 86.8 Å². The Balaban J connectivity index is 1.61. The van der Waals surface area contributed by atoms with Gasteiger partial charge in [-0.15, -0.1) is 0 Å². The molecule has 0 saturated heterocycles. The third-order valence-electron chi connectivity index (χ3n) is 6.00. The third-order valence-corrected chi connectivity index (χ3v) is 8.47. The smallest absolute Gasteiger partial charge is 0.122 e. The lowest BCUT2D eigenvalue weighted by molar-refractivity contribution is 0.305. The number of hydrogen-bond acceptors (Lipinski definition) is 2. The van der Waals surface area contributed by atoms with E-state index < -0.39 is 7.92 Å². The lowest BCUT2D eigenvalue weighted by Gasteiger charge is -2.22. The lowest BCUT2D eigenvalue weighted by Crippen LogP contribution is -2.07. The highest BCUT2D eigenvalue weighted by molar-refractivity contribution is 7.64. The van der Waals surface area contributed by atoms with E-state index in [1.165, 1.54) is 29.3 Å². The largest absolute Gasteiger partial charge is 0.493 e. The Morgan fingerprint density at radius 3 is 1.55 bits per heavy atom. The molecule has 0 radical (unpaired) electrons. The van der Waals surface area contributed by atoms with E-state index in [0.717, 1.165) is 62.7 Å². The molecule has 0 unspecified atom stereocenters. The van der Waals surface area contributed by atoms with Crippen LogP contribution in [0.25, 0.3) is 0 Å². The first kappa shape index (κ1) is 23.6. The summed E-state index contributed by atoms with van der Waals surface area (Å²) in [7, 11) is -0.444. The highest BCUT2D eigenvalue weighted by Gasteiger charge is 2.17. The van der Waals surface area contributed by atoms with E-state index >= 15 is 0 Å². The van der Waals surface area contributed by atoms with Crippen LogP contribution >= 0.6 is 7.92 Å². The van der Waals surface area contributed by atoms with Crippen molar-refractivity contribution >= 4 is 13.2 Å². The zero-order valence-electron chi connectivity index (χ0n) is 19.5. The van der Waals surface area contributed by atoms with Gasteiger partial charge < -0.3 is 9.47 Å². The van der Waals surface area contributed by atoms with E-state index in [2.05, 4.69) is 91.0 Å². The van der Waals surface area contributed by atoms with Gasteiger partial charge in [0.15, 0.2) is 0 Å². The van der Waals surface area contributed by atoms with Crippen molar-refractivity contribution in [2.45, 2.75) is 50.8 Å². The normalized spacial score (nSPS) is 17.7. The number of ether oxygens (including phenoxy) is 2. The van der Waals surface area contributed by atoms with Gasteiger partial charge in [0.2, 0.25) is 0 Å². The summed E-state index contributed by atoms with van der Waals surface area (Å²) in [5.41, 5.74) is 2.62. The molecule has 3 aromatic rings. The minimum Gasteiger partial charge on any atom is -0.493 e. The standard InChI is InChI=1S/C30H35O2P/c1-2-4-6-15-23-32-30-21-13-11-17-27(30)25-33(28-18-8-7-9-19-28)24-26-16-10-12-20-29(26)31-22-14-5-3-1/h1-2,7-13,16-21H,3-6,14-15,22-25H2/b2-1+. The van der Waals surface area contributed by atoms with Crippen LogP contribution in [0.4, 0.5) is 0 Å². The number of hydrogen-bond donors (Lipinski definition) is 0. The molecule has 33 heavy (non-hydrogen) atoms. The maximum atomic E-state index is 6.27. The third kappa shape index (κ3) is 7.47. The predicted molar refractivity (Wildman–Crippen MR) is 141 cm³/mol. The molecule has 0 aliphatic carbocycles. The highest BCUT2D eigenvalue weighted by Crippen LogP contribution is 2.45. The number of fused-ring (bicyclic) bond motifs is 2. The Kier molecular flexibility index (Phi) is 9.44. The van der Waals surface area contributed by atoms with Crippen molar-refractivity contribution in [2.75, 3.05) is 13.2 Å². The summed E-state index contributed by atoms with van der Waals surface area (Å²) in [5, 5.41) is 1.43. The number of para-hydroxylation sites is 2. The molecule has 2 nitrogen and oxygen atoms in total. The summed E-state index contributed by atoms with van der Waals surface area (Å²) in [6.07, 6.45) is 13.5. The van der Waals surface area contributed by atoms with Gasteiger partial charge in [0.25, 0.3) is 0 Å². The molecular weight excluding hydrogens is 423 g/mol. The second-order valence-corrected chi connectivity index (χ2v) is 10.8. The first-order valence-electron chi connectivity index (χ1n) is 12.3. The molecule has 1 aliphatic rings. The van der Waals surface area contributed by atoms with Crippen LogP contribution in [0, 0.1) is 0 Å². The van der Waals surface area contributed by atoms with Crippen LogP contribution < -0.4 is 14.8 Å². The van der Waals surface area contributed by atoms with Crippen molar-refractivity contribution in [1.82, 2.24) is 0 Å². The molecule has 0 fully saturated rings. The lowest BCUT2D eigenvalue weighted by atomic mass is 10.2. The van der Waals surface area contributed by atoms with Crippen molar-refractivity contribution in [3.63, 3.8) is 0 Å². The van der Waals surface area contributed by atoms with Crippen molar-refractivity contribution in [2.24, 2.45) is 0 Å². The minimum absolute atomic E-state index is 0.444. The fourth-order valence-electron chi connectivity index (χ4n) is 4.17. The second kappa shape index (κ2) is 13.2. The number of rotatable bonds is 1. The van der Waals surface area contributed by atoms with Crippen molar-refractivity contribution in [3.8, 4) is 11.5 Å². The fourth-order valence-corrected chi connectivity index (χ4v) is 6.58. The molecule has 3 heteroatoms. The Morgan fingerprint density at radius 2 is 1.00 bits per heavy atom. The Bertz CT molecular complexity index is 937. The summed E-state index contributed by atoms with van der Waals surface area (Å²) >= 11 is 0. The van der Waals surface area contributed by atoms with Gasteiger partial charge in [0, 0.05) is 12.3 Å². The summed E-state index contributed by atoms with van der Waals surface area (Å²) in [6, 6.07) is 28.2. The molecule has 3 aromatic carbocycles. The Labute approximate surface area is 200 Å². The van der Waals surface area contributed by atoms with E-state index in [-0.39, 0.29) is 0 Å². The molecule has 1 heterocycles. The van der Waals surface area contributed by atoms with E-state index in [1.54, 1.807) is 0 Å². The predicted octanol–water partition coefficient (Wildman–Crippen LogP) is 7.86. The van der Waals surface area contributed by atoms with Crippen LogP contribution in [0.5, 0.6) is 11.5 Å². The van der Waals surface area contributed by atoms with Gasteiger partial charge in [-0.3, -0.25) is 0 Å². The van der Waals surface area contributed by atoms with E-state index in [9.17, 15) is 0 Å². The van der Waals surface area contributed by atoms with Gasteiger partial charge in [0.1, 0.15) is 11.5 Å². The Hall–Kier alpha value is -2.57. The maximum absolute atomic E-state index is 6.27. The molecule has 0 bridgehead atoms. The molecule has 0 spiro atoms. The molecule has 0 saturated carbocycles. The topological polar surface area (TPSA) is 18.5 Å². The molecule has 0 N–H and O–H groups in total. The van der Waals surface area contributed by atoms with Gasteiger partial charge in [-0.05, 0) is 67.1 Å². The van der Waals surface area contributed by atoms with Crippen molar-refractivity contribution < 1.29 is 9.47 Å². The zero-order valence-corrected chi connectivity index (χ0v) is 20.4. The molecule has 172 valence electrons. The monoisotopic (exact) mass is 458 g/mol. The van der Waals surface area contributed by atoms with Crippen LogP contribution in [0.15, 0.2) is 91.0 Å². The van der Waals surface area contributed by atoms with Crippen molar-refractivity contribution in [3.05, 3.63) is 102 Å². The van der Waals surface area contributed by atoms with Gasteiger partial charge >= 0.3 is 0 Å². The minimum atomic E-state index is -0.444. The van der Waals surface area contributed by atoms with Crippen LogP contribution in [0.2, 0.25) is 0 Å². The molecular formula is C30H35O2P. The van der Waals surface area contributed by atoms with Gasteiger partial charge in [-0.25, -0.2) is 0 Å². The summed E-state index contributed by atoms with van der Waals surface area (Å²) < 4.78 is 12.5. The molecule has 0 atom stereocenters. The SMILES string of the molecule is C1=C/CCCCOc2ccccc2CP(c2ccccc2)Cc2ccccc2OCCCC/1. The van der Waals surface area contributed by atoms with E-state index in [0.29, 0.717) is 0 Å². The van der Waals surface area contributed by atoms with Crippen LogP contribution in [0.3, 0.4) is 0 Å². The average Bonchev–Trinajstić information content (AvgIpc) is 2.86. The number of benzene rings is 3. The first-order valence-corrected chi connectivity index (χ1v) is 14.0. The van der Waals surface area contributed by atoms with Crippen LogP contribution in [-0.4, -0.2) is 13.2 Å². The maximum Gasteiger partial charge on any atom is 0.122 e. The van der Waals surface area contributed by atoms with Crippen LogP contribution in [0.1, 0.15) is 49.7 Å². The van der Waals surface area contributed by atoms with E-state index in [4.69, 9.17) is 9.47 Å². The summed E-state index contributed by atoms with van der Waals surface area (Å²) in [6.45, 7) is 1.57. The average molecular weight is 459 g/mol.